The van der Waals surface area contributed by atoms with E-state index in [2.05, 4.69) is 11.5 Å². The zero-order valence-electron chi connectivity index (χ0n) is 14.1. The lowest BCUT2D eigenvalue weighted by Crippen LogP contribution is -2.13. The fourth-order valence-electron chi connectivity index (χ4n) is 3.50. The van der Waals surface area contributed by atoms with E-state index < -0.39 is 0 Å². The summed E-state index contributed by atoms with van der Waals surface area (Å²) in [6, 6.07) is 16.6. The van der Waals surface area contributed by atoms with Crippen molar-refractivity contribution in [2.45, 2.75) is 32.7 Å². The Morgan fingerprint density at radius 1 is 1.12 bits per heavy atom. The van der Waals surface area contributed by atoms with Gasteiger partial charge >= 0.3 is 0 Å². The van der Waals surface area contributed by atoms with Crippen molar-refractivity contribution in [1.29, 1.82) is 0 Å². The van der Waals surface area contributed by atoms with Crippen molar-refractivity contribution < 1.29 is 9.53 Å². The van der Waals surface area contributed by atoms with E-state index in [-0.39, 0.29) is 12.4 Å². The Balaban J connectivity index is 1.55. The summed E-state index contributed by atoms with van der Waals surface area (Å²) < 4.78 is 8.15. The molecule has 1 saturated carbocycles. The Morgan fingerprint density at radius 3 is 2.67 bits per heavy atom. The van der Waals surface area contributed by atoms with E-state index in [0.717, 1.165) is 27.8 Å². The summed E-state index contributed by atoms with van der Waals surface area (Å²) in [6.07, 6.45) is 2.44. The molecule has 1 fully saturated rings. The smallest absolute Gasteiger partial charge is 0.202 e. The minimum Gasteiger partial charge on any atom is -0.485 e. The molecule has 0 unspecified atom stereocenters. The highest BCUT2D eigenvalue weighted by atomic mass is 16.5. The lowest BCUT2D eigenvalue weighted by Gasteiger charge is -2.10. The molecular weight excluding hydrogens is 298 g/mol. The molecule has 2 aromatic carbocycles. The number of Topliss-reactive ketones (excluding diaryl/α,β-unsaturated/α-hetero) is 1. The number of nitrogens with zero attached hydrogens (tertiary/aromatic N) is 1. The summed E-state index contributed by atoms with van der Waals surface area (Å²) in [5.41, 5.74) is 3.03. The van der Waals surface area contributed by atoms with Gasteiger partial charge in [0.25, 0.3) is 0 Å². The highest BCUT2D eigenvalue weighted by Gasteiger charge is 2.28. The van der Waals surface area contributed by atoms with E-state index in [9.17, 15) is 4.79 Å². The van der Waals surface area contributed by atoms with Gasteiger partial charge in [-0.1, -0.05) is 36.4 Å². The largest absolute Gasteiger partial charge is 0.485 e. The number of aromatic nitrogens is 1. The van der Waals surface area contributed by atoms with Gasteiger partial charge in [0.2, 0.25) is 5.78 Å². The maximum absolute atomic E-state index is 12.6. The van der Waals surface area contributed by atoms with Gasteiger partial charge in [-0.15, -0.1) is 0 Å². The van der Waals surface area contributed by atoms with Gasteiger partial charge in [-0.05, 0) is 44.2 Å². The number of hydrogen-bond donors (Lipinski definition) is 0. The van der Waals surface area contributed by atoms with Gasteiger partial charge in [0.1, 0.15) is 5.75 Å². The molecule has 0 amide bonds. The number of hydrogen-bond acceptors (Lipinski definition) is 2. The second kappa shape index (κ2) is 5.82. The lowest BCUT2D eigenvalue weighted by atomic mass is 10.1. The zero-order chi connectivity index (χ0) is 16.7. The van der Waals surface area contributed by atoms with Crippen molar-refractivity contribution in [2.24, 2.45) is 0 Å². The Bertz CT molecular complexity index is 913. The van der Waals surface area contributed by atoms with Crippen molar-refractivity contribution in [3.8, 4) is 5.75 Å². The predicted molar refractivity (Wildman–Crippen MR) is 96.0 cm³/mol. The average molecular weight is 319 g/mol. The minimum atomic E-state index is 0.0444. The molecule has 0 saturated heterocycles. The van der Waals surface area contributed by atoms with Crippen LogP contribution in [0.1, 0.15) is 40.6 Å². The summed E-state index contributed by atoms with van der Waals surface area (Å²) in [6.45, 7) is 4.19. The topological polar surface area (TPSA) is 31.2 Å². The van der Waals surface area contributed by atoms with Gasteiger partial charge in [-0.3, -0.25) is 4.79 Å². The van der Waals surface area contributed by atoms with Crippen LogP contribution in [0.3, 0.4) is 0 Å². The highest BCUT2D eigenvalue weighted by molar-refractivity contribution is 5.99. The van der Waals surface area contributed by atoms with Crippen LogP contribution in [0.2, 0.25) is 0 Å². The van der Waals surface area contributed by atoms with E-state index >= 15 is 0 Å². The van der Waals surface area contributed by atoms with E-state index in [1.807, 2.05) is 55.5 Å². The monoisotopic (exact) mass is 319 g/mol. The number of benzene rings is 2. The van der Waals surface area contributed by atoms with Gasteiger partial charge < -0.3 is 9.30 Å². The lowest BCUT2D eigenvalue weighted by molar-refractivity contribution is 0.0922. The molecule has 24 heavy (non-hydrogen) atoms. The maximum atomic E-state index is 12.6. The molecule has 0 spiro atoms. The molecule has 0 aliphatic heterocycles. The molecule has 1 aromatic heterocycles. The summed E-state index contributed by atoms with van der Waals surface area (Å²) in [4.78, 5) is 12.6. The van der Waals surface area contributed by atoms with E-state index in [1.54, 1.807) is 0 Å². The van der Waals surface area contributed by atoms with Crippen LogP contribution >= 0.6 is 0 Å². The fourth-order valence-corrected chi connectivity index (χ4v) is 3.50. The normalized spacial score (nSPS) is 14.1. The number of ketones is 1. The van der Waals surface area contributed by atoms with Gasteiger partial charge in [-0.2, -0.15) is 0 Å². The Labute approximate surface area is 141 Å². The van der Waals surface area contributed by atoms with E-state index in [1.165, 1.54) is 18.5 Å². The quantitative estimate of drug-likeness (QED) is 0.629. The Kier molecular flexibility index (Phi) is 3.64. The first-order valence-corrected chi connectivity index (χ1v) is 8.47. The number of carbonyl (C=O) groups is 1. The molecule has 3 heteroatoms. The van der Waals surface area contributed by atoms with Crippen LogP contribution in [-0.4, -0.2) is 17.0 Å². The highest BCUT2D eigenvalue weighted by Crippen LogP contribution is 2.38. The second-order valence-electron chi connectivity index (χ2n) is 6.58. The van der Waals surface area contributed by atoms with Crippen LogP contribution in [0.25, 0.3) is 10.8 Å². The molecular formula is C21H21NO2. The molecule has 3 nitrogen and oxygen atoms in total. The number of fused-ring (bicyclic) bond motifs is 1. The molecule has 122 valence electrons. The van der Waals surface area contributed by atoms with Crippen LogP contribution in [0.4, 0.5) is 0 Å². The second-order valence-corrected chi connectivity index (χ2v) is 6.58. The third-order valence-electron chi connectivity index (χ3n) is 4.81. The molecule has 3 aromatic rings. The van der Waals surface area contributed by atoms with Crippen LogP contribution in [0.5, 0.6) is 5.75 Å². The Morgan fingerprint density at radius 2 is 1.88 bits per heavy atom. The first kappa shape index (κ1) is 15.0. The Hall–Kier alpha value is -2.55. The van der Waals surface area contributed by atoms with Gasteiger partial charge in [0.05, 0.1) is 0 Å². The molecule has 1 aliphatic rings. The summed E-state index contributed by atoms with van der Waals surface area (Å²) in [5.74, 6) is 0.806. The van der Waals surface area contributed by atoms with Crippen molar-refractivity contribution in [1.82, 2.24) is 4.57 Å². The molecule has 0 atom stereocenters. The van der Waals surface area contributed by atoms with Crippen LogP contribution in [0.15, 0.2) is 48.5 Å². The third-order valence-corrected chi connectivity index (χ3v) is 4.81. The SMILES string of the molecule is Cc1cc(C(=O)COc2cccc3ccccc23)c(C)n1C1CC1. The van der Waals surface area contributed by atoms with E-state index in [0.29, 0.717) is 6.04 Å². The number of ether oxygens (including phenoxy) is 1. The molecule has 1 aliphatic carbocycles. The van der Waals surface area contributed by atoms with Crippen LogP contribution < -0.4 is 4.74 Å². The molecule has 0 radical (unpaired) electrons. The predicted octanol–water partition coefficient (Wildman–Crippen LogP) is 4.85. The fraction of sp³-hybridized carbons (Fsp3) is 0.286. The van der Waals surface area contributed by atoms with Crippen molar-refractivity contribution in [3.63, 3.8) is 0 Å². The third kappa shape index (κ3) is 2.60. The number of rotatable bonds is 5. The zero-order valence-corrected chi connectivity index (χ0v) is 14.1. The summed E-state index contributed by atoms with van der Waals surface area (Å²) >= 11 is 0. The number of aryl methyl sites for hydroxylation is 1. The van der Waals surface area contributed by atoms with Gasteiger partial charge in [-0.25, -0.2) is 0 Å². The molecule has 4 rings (SSSR count). The minimum absolute atomic E-state index is 0.0444. The first-order valence-electron chi connectivity index (χ1n) is 8.47. The summed E-state index contributed by atoms with van der Waals surface area (Å²) in [7, 11) is 0. The average Bonchev–Trinajstić information content (AvgIpc) is 3.38. The van der Waals surface area contributed by atoms with Gasteiger partial charge in [0.15, 0.2) is 6.61 Å². The van der Waals surface area contributed by atoms with Crippen molar-refractivity contribution in [2.75, 3.05) is 6.61 Å². The van der Waals surface area contributed by atoms with Crippen molar-refractivity contribution >= 4 is 16.6 Å². The van der Waals surface area contributed by atoms with Gasteiger partial charge in [0, 0.05) is 28.4 Å². The van der Waals surface area contributed by atoms with Crippen LogP contribution in [-0.2, 0) is 0 Å². The van der Waals surface area contributed by atoms with Crippen molar-refractivity contribution in [3.05, 3.63) is 65.5 Å². The molecule has 0 N–H and O–H groups in total. The molecule has 1 heterocycles. The first-order chi connectivity index (χ1) is 11.6. The summed E-state index contributed by atoms with van der Waals surface area (Å²) in [5, 5.41) is 2.16. The maximum Gasteiger partial charge on any atom is 0.202 e. The van der Waals surface area contributed by atoms with E-state index in [4.69, 9.17) is 4.74 Å². The van der Waals surface area contributed by atoms with Crippen LogP contribution in [0, 0.1) is 13.8 Å². The standard InChI is InChI=1S/C21H21NO2/c1-14-12-19(15(2)22(14)17-10-11-17)20(23)13-24-21-9-5-7-16-6-3-4-8-18(16)21/h3-9,12,17H,10-11,13H2,1-2H3. The number of carbonyl (C=O) groups excluding carboxylic acids is 1. The molecule has 0 bridgehead atoms.